The van der Waals surface area contributed by atoms with Crippen LogP contribution in [-0.2, 0) is 0 Å². The highest BCUT2D eigenvalue weighted by Crippen LogP contribution is 2.23. The van der Waals surface area contributed by atoms with Gasteiger partial charge in [0.1, 0.15) is 11.4 Å². The molecule has 5 heteroatoms. The van der Waals surface area contributed by atoms with Crippen LogP contribution >= 0.6 is 11.6 Å². The lowest BCUT2D eigenvalue weighted by Gasteiger charge is -2.21. The van der Waals surface area contributed by atoms with E-state index in [1.807, 2.05) is 45.9 Å². The van der Waals surface area contributed by atoms with Gasteiger partial charge in [0, 0.05) is 5.69 Å². The zero-order valence-electron chi connectivity index (χ0n) is 13.7. The van der Waals surface area contributed by atoms with Crippen molar-refractivity contribution < 1.29 is 9.53 Å². The predicted molar refractivity (Wildman–Crippen MR) is 95.7 cm³/mol. The van der Waals surface area contributed by atoms with Crippen molar-refractivity contribution in [2.24, 2.45) is 0 Å². The molecule has 0 aromatic heterocycles. The van der Waals surface area contributed by atoms with Crippen molar-refractivity contribution in [3.8, 4) is 5.75 Å². The first-order valence-electron chi connectivity index (χ1n) is 7.36. The molecular weight excluding hydrogens is 312 g/mol. The Morgan fingerprint density at radius 3 is 2.26 bits per heavy atom. The van der Waals surface area contributed by atoms with Gasteiger partial charge in [-0.3, -0.25) is 0 Å². The highest BCUT2D eigenvalue weighted by atomic mass is 35.5. The minimum atomic E-state index is -0.347. The Balaban J connectivity index is 1.97. The quantitative estimate of drug-likeness (QED) is 0.783. The summed E-state index contributed by atoms with van der Waals surface area (Å²) in [6, 6.07) is 12.3. The smallest absolute Gasteiger partial charge is 0.323 e. The Labute approximate surface area is 141 Å². The van der Waals surface area contributed by atoms with E-state index in [-0.39, 0.29) is 11.6 Å². The second-order valence-electron chi connectivity index (χ2n) is 6.30. The zero-order valence-corrected chi connectivity index (χ0v) is 14.5. The number of urea groups is 1. The molecule has 0 aliphatic rings. The highest BCUT2D eigenvalue weighted by Gasteiger charge is 2.12. The number of hydrogen-bond donors (Lipinski definition) is 2. The molecular formula is C18H21ClN2O2. The molecule has 4 nitrogen and oxygen atoms in total. The fourth-order valence-electron chi connectivity index (χ4n) is 1.97. The maximum Gasteiger partial charge on any atom is 0.323 e. The third kappa shape index (κ3) is 5.49. The second kappa shape index (κ2) is 6.92. The van der Waals surface area contributed by atoms with E-state index in [9.17, 15) is 4.79 Å². The predicted octanol–water partition coefficient (Wildman–Crippen LogP) is 5.47. The van der Waals surface area contributed by atoms with Gasteiger partial charge in [-0.2, -0.15) is 0 Å². The average Bonchev–Trinajstić information content (AvgIpc) is 2.42. The average molecular weight is 333 g/mol. The molecule has 0 aliphatic heterocycles. The van der Waals surface area contributed by atoms with Crippen molar-refractivity contribution in [2.45, 2.75) is 33.3 Å². The number of aryl methyl sites for hydroxylation is 1. The van der Waals surface area contributed by atoms with Gasteiger partial charge >= 0.3 is 6.03 Å². The van der Waals surface area contributed by atoms with E-state index in [1.54, 1.807) is 24.3 Å². The van der Waals surface area contributed by atoms with Crippen LogP contribution in [0.15, 0.2) is 42.5 Å². The van der Waals surface area contributed by atoms with Crippen LogP contribution in [0.4, 0.5) is 16.2 Å². The fourth-order valence-corrected chi connectivity index (χ4v) is 2.25. The Kier molecular flexibility index (Phi) is 5.16. The van der Waals surface area contributed by atoms with Crippen LogP contribution in [0, 0.1) is 6.92 Å². The maximum atomic E-state index is 12.0. The lowest BCUT2D eigenvalue weighted by atomic mass is 10.2. The molecule has 0 aliphatic carbocycles. The number of carbonyl (C=O) groups excluding carboxylic acids is 1. The van der Waals surface area contributed by atoms with Crippen LogP contribution in [-0.4, -0.2) is 11.6 Å². The first-order chi connectivity index (χ1) is 10.7. The zero-order chi connectivity index (χ0) is 17.0. The summed E-state index contributed by atoms with van der Waals surface area (Å²) < 4.78 is 5.74. The molecule has 2 aromatic carbocycles. The number of rotatable bonds is 3. The lowest BCUT2D eigenvalue weighted by Crippen LogP contribution is -2.23. The van der Waals surface area contributed by atoms with Crippen LogP contribution in [0.5, 0.6) is 5.75 Å². The molecule has 0 fully saturated rings. The lowest BCUT2D eigenvalue weighted by molar-refractivity contribution is 0.131. The molecule has 2 N–H and O–H groups in total. The maximum absolute atomic E-state index is 12.0. The monoisotopic (exact) mass is 332 g/mol. The molecule has 0 saturated carbocycles. The van der Waals surface area contributed by atoms with Crippen molar-refractivity contribution >= 4 is 29.0 Å². The number of amides is 2. The van der Waals surface area contributed by atoms with Crippen molar-refractivity contribution in [3.63, 3.8) is 0 Å². The van der Waals surface area contributed by atoms with Gasteiger partial charge in [0.2, 0.25) is 0 Å². The van der Waals surface area contributed by atoms with E-state index in [0.29, 0.717) is 16.4 Å². The van der Waals surface area contributed by atoms with E-state index < -0.39 is 0 Å². The van der Waals surface area contributed by atoms with Crippen molar-refractivity contribution in [1.29, 1.82) is 0 Å². The second-order valence-corrected chi connectivity index (χ2v) is 6.71. The minimum absolute atomic E-state index is 0.255. The summed E-state index contributed by atoms with van der Waals surface area (Å²) in [7, 11) is 0. The molecule has 0 heterocycles. The van der Waals surface area contributed by atoms with Gasteiger partial charge in [0.15, 0.2) is 0 Å². The first-order valence-corrected chi connectivity index (χ1v) is 7.74. The Hall–Kier alpha value is -2.20. The van der Waals surface area contributed by atoms with Gasteiger partial charge in [-0.05, 0) is 69.7 Å². The molecule has 0 atom stereocenters. The largest absolute Gasteiger partial charge is 0.488 e. The van der Waals surface area contributed by atoms with Gasteiger partial charge in [-0.1, -0.05) is 17.7 Å². The molecule has 0 saturated heterocycles. The van der Waals surface area contributed by atoms with Crippen LogP contribution in [0.2, 0.25) is 5.02 Å². The number of ether oxygens (including phenoxy) is 1. The summed E-state index contributed by atoms with van der Waals surface area (Å²) in [5.41, 5.74) is 2.03. The molecule has 0 spiro atoms. The first kappa shape index (κ1) is 17.2. The molecule has 23 heavy (non-hydrogen) atoms. The number of hydrogen-bond acceptors (Lipinski definition) is 2. The van der Waals surface area contributed by atoms with E-state index >= 15 is 0 Å². The van der Waals surface area contributed by atoms with E-state index in [4.69, 9.17) is 16.3 Å². The third-order valence-electron chi connectivity index (χ3n) is 2.91. The summed E-state index contributed by atoms with van der Waals surface area (Å²) >= 11 is 6.10. The van der Waals surface area contributed by atoms with Crippen molar-refractivity contribution in [2.75, 3.05) is 10.6 Å². The number of halogens is 1. The number of carbonyl (C=O) groups is 1. The summed E-state index contributed by atoms with van der Waals surface area (Å²) in [6.07, 6.45) is 0. The fraction of sp³-hybridized carbons (Fsp3) is 0.278. The summed E-state index contributed by atoms with van der Waals surface area (Å²) in [6.45, 7) is 7.89. The Bertz CT molecular complexity index is 691. The van der Waals surface area contributed by atoms with E-state index in [0.717, 1.165) is 11.3 Å². The molecule has 2 rings (SSSR count). The SMILES string of the molecule is Cc1ccc(NC(=O)Nc2ccc(OC(C)(C)C)cc2)c(Cl)c1. The molecule has 0 bridgehead atoms. The molecule has 2 aromatic rings. The van der Waals surface area contributed by atoms with Crippen LogP contribution < -0.4 is 15.4 Å². The highest BCUT2D eigenvalue weighted by molar-refractivity contribution is 6.33. The van der Waals surface area contributed by atoms with Gasteiger partial charge < -0.3 is 15.4 Å². The van der Waals surface area contributed by atoms with Gasteiger partial charge in [0.25, 0.3) is 0 Å². The van der Waals surface area contributed by atoms with Crippen LogP contribution in [0.3, 0.4) is 0 Å². The molecule has 0 radical (unpaired) electrons. The molecule has 122 valence electrons. The van der Waals surface area contributed by atoms with Gasteiger partial charge in [-0.25, -0.2) is 4.79 Å². The van der Waals surface area contributed by atoms with Gasteiger partial charge in [-0.15, -0.1) is 0 Å². The van der Waals surface area contributed by atoms with E-state index in [1.165, 1.54) is 0 Å². The van der Waals surface area contributed by atoms with E-state index in [2.05, 4.69) is 10.6 Å². The molecule has 0 unspecified atom stereocenters. The molecule has 2 amide bonds. The summed E-state index contributed by atoms with van der Waals surface area (Å²) in [5, 5.41) is 5.99. The third-order valence-corrected chi connectivity index (χ3v) is 3.22. The number of anilines is 2. The Morgan fingerprint density at radius 1 is 1.04 bits per heavy atom. The normalized spacial score (nSPS) is 11.0. The van der Waals surface area contributed by atoms with Crippen molar-refractivity contribution in [3.05, 3.63) is 53.1 Å². The minimum Gasteiger partial charge on any atom is -0.488 e. The number of nitrogens with one attached hydrogen (secondary N) is 2. The number of benzene rings is 2. The summed E-state index contributed by atoms with van der Waals surface area (Å²) in [4.78, 5) is 12.0. The summed E-state index contributed by atoms with van der Waals surface area (Å²) in [5.74, 6) is 0.755. The topological polar surface area (TPSA) is 50.4 Å². The Morgan fingerprint density at radius 2 is 1.70 bits per heavy atom. The van der Waals surface area contributed by atoms with Gasteiger partial charge in [0.05, 0.1) is 10.7 Å². The van der Waals surface area contributed by atoms with Crippen LogP contribution in [0.25, 0.3) is 0 Å². The van der Waals surface area contributed by atoms with Crippen molar-refractivity contribution in [1.82, 2.24) is 0 Å². The standard InChI is InChI=1S/C18H21ClN2O2/c1-12-5-10-16(15(19)11-12)21-17(22)20-13-6-8-14(9-7-13)23-18(2,3)4/h5-11H,1-4H3,(H2,20,21,22). The van der Waals surface area contributed by atoms with Crippen LogP contribution in [0.1, 0.15) is 26.3 Å².